The van der Waals surface area contributed by atoms with Gasteiger partial charge in [-0.15, -0.1) is 0 Å². The smallest absolute Gasteiger partial charge is 0.229 e. The lowest BCUT2D eigenvalue weighted by atomic mass is 9.80. The Balaban J connectivity index is 0.000000289. The average molecular weight is 373 g/mol. The molecule has 1 aliphatic rings. The fraction of sp³-hybridized carbons (Fsp3) is 0.545. The summed E-state index contributed by atoms with van der Waals surface area (Å²) in [7, 11) is 0. The molecule has 0 radical (unpaired) electrons. The van der Waals surface area contributed by atoms with Crippen molar-refractivity contribution in [2.75, 3.05) is 0 Å². The highest BCUT2D eigenvalue weighted by Gasteiger charge is 2.25. The molecule has 5 heteroatoms. The van der Waals surface area contributed by atoms with Crippen molar-refractivity contribution in [2.45, 2.75) is 72.6 Å². The summed E-state index contributed by atoms with van der Waals surface area (Å²) in [5.41, 5.74) is 1.90. The lowest BCUT2D eigenvalue weighted by Gasteiger charge is -2.23. The molecule has 2 amide bonds. The largest absolute Gasteiger partial charge is 0.296 e. The molecule has 27 heavy (non-hydrogen) atoms. The van der Waals surface area contributed by atoms with E-state index in [1.54, 1.807) is 6.07 Å². The van der Waals surface area contributed by atoms with Gasteiger partial charge in [0.2, 0.25) is 11.8 Å². The maximum Gasteiger partial charge on any atom is 0.229 e. The Morgan fingerprint density at radius 3 is 2.19 bits per heavy atom. The van der Waals surface area contributed by atoms with Gasteiger partial charge < -0.3 is 0 Å². The third kappa shape index (κ3) is 6.42. The van der Waals surface area contributed by atoms with Crippen LogP contribution in [0.1, 0.15) is 93.5 Å². The maximum atomic E-state index is 11.7. The molecule has 5 nitrogen and oxygen atoms in total. The van der Waals surface area contributed by atoms with E-state index < -0.39 is 0 Å². The van der Waals surface area contributed by atoms with Crippen LogP contribution in [-0.2, 0) is 15.0 Å². The average Bonchev–Trinajstić information content (AvgIpc) is 2.56. The zero-order chi connectivity index (χ0) is 20.8. The van der Waals surface area contributed by atoms with Gasteiger partial charge in [0, 0.05) is 23.5 Å². The van der Waals surface area contributed by atoms with Crippen LogP contribution in [0.4, 0.5) is 0 Å². The molecule has 0 saturated carbocycles. The van der Waals surface area contributed by atoms with Crippen LogP contribution in [0.25, 0.3) is 0 Å². The van der Waals surface area contributed by atoms with Crippen molar-refractivity contribution >= 4 is 23.4 Å². The second-order valence-electron chi connectivity index (χ2n) is 8.03. The van der Waals surface area contributed by atoms with Gasteiger partial charge in [0.1, 0.15) is 0 Å². The standard InChI is InChI=1S/C14H18O2.C8H13NO2/c1-9(15)11-7-6-8-12(14(3,4)5)13(11)10(2)16;1-2-3-6-4-5-7(10)9-8(6)11/h6-8H,1-5H3;6H,2-5H2,1H3,(H,9,10,11). The molecular formula is C22H31NO4. The van der Waals surface area contributed by atoms with Crippen LogP contribution < -0.4 is 5.32 Å². The topological polar surface area (TPSA) is 80.3 Å². The number of ketones is 2. The second-order valence-corrected chi connectivity index (χ2v) is 8.03. The minimum atomic E-state index is -0.132. The highest BCUT2D eigenvalue weighted by molar-refractivity contribution is 6.08. The molecule has 1 fully saturated rings. The number of amides is 2. The Hall–Kier alpha value is -2.30. The van der Waals surface area contributed by atoms with Gasteiger partial charge in [0.25, 0.3) is 0 Å². The number of carbonyl (C=O) groups is 4. The van der Waals surface area contributed by atoms with Crippen molar-refractivity contribution in [3.8, 4) is 0 Å². The van der Waals surface area contributed by atoms with Crippen molar-refractivity contribution in [2.24, 2.45) is 5.92 Å². The molecule has 1 unspecified atom stereocenters. The van der Waals surface area contributed by atoms with Crippen LogP contribution in [0, 0.1) is 5.92 Å². The van der Waals surface area contributed by atoms with Crippen molar-refractivity contribution < 1.29 is 19.2 Å². The predicted octanol–water partition coefficient (Wildman–Crippen LogP) is 4.23. The Kier molecular flexibility index (Phi) is 8.07. The van der Waals surface area contributed by atoms with Gasteiger partial charge >= 0.3 is 0 Å². The summed E-state index contributed by atoms with van der Waals surface area (Å²) in [6, 6.07) is 5.47. The van der Waals surface area contributed by atoms with Gasteiger partial charge in [0.15, 0.2) is 11.6 Å². The summed E-state index contributed by atoms with van der Waals surface area (Å²) in [6.07, 6.45) is 3.15. The summed E-state index contributed by atoms with van der Waals surface area (Å²) < 4.78 is 0. The van der Waals surface area contributed by atoms with E-state index >= 15 is 0 Å². The summed E-state index contributed by atoms with van der Waals surface area (Å²) in [4.78, 5) is 44.9. The minimum Gasteiger partial charge on any atom is -0.296 e. The fourth-order valence-corrected chi connectivity index (χ4v) is 3.21. The Morgan fingerprint density at radius 1 is 1.11 bits per heavy atom. The molecule has 0 spiro atoms. The van der Waals surface area contributed by atoms with Crippen LogP contribution in [0.2, 0.25) is 0 Å². The summed E-state index contributed by atoms with van der Waals surface area (Å²) in [6.45, 7) is 11.2. The Morgan fingerprint density at radius 2 is 1.74 bits per heavy atom. The van der Waals surface area contributed by atoms with Crippen LogP contribution in [0.5, 0.6) is 0 Å². The highest BCUT2D eigenvalue weighted by atomic mass is 16.2. The molecule has 1 aromatic carbocycles. The van der Waals surface area contributed by atoms with E-state index in [9.17, 15) is 19.2 Å². The first-order valence-corrected chi connectivity index (χ1v) is 9.48. The van der Waals surface area contributed by atoms with E-state index in [2.05, 4.69) is 5.32 Å². The molecule has 0 aromatic heterocycles. The third-order valence-corrected chi connectivity index (χ3v) is 4.59. The lowest BCUT2D eigenvalue weighted by molar-refractivity contribution is -0.136. The normalized spacial score (nSPS) is 16.9. The number of Topliss-reactive ketones (excluding diaryl/α,β-unsaturated/α-hetero) is 2. The van der Waals surface area contributed by atoms with Gasteiger partial charge in [0.05, 0.1) is 0 Å². The first-order valence-electron chi connectivity index (χ1n) is 9.48. The number of hydrogen-bond acceptors (Lipinski definition) is 4. The summed E-state index contributed by atoms with van der Waals surface area (Å²) >= 11 is 0. The van der Waals surface area contributed by atoms with Crippen LogP contribution in [0.3, 0.4) is 0 Å². The van der Waals surface area contributed by atoms with Gasteiger partial charge in [-0.25, -0.2) is 0 Å². The number of carbonyl (C=O) groups excluding carboxylic acids is 4. The quantitative estimate of drug-likeness (QED) is 0.633. The van der Waals surface area contributed by atoms with E-state index in [1.807, 2.05) is 39.8 Å². The van der Waals surface area contributed by atoms with Crippen molar-refractivity contribution in [1.82, 2.24) is 5.32 Å². The molecule has 2 rings (SSSR count). The van der Waals surface area contributed by atoms with E-state index in [-0.39, 0.29) is 34.7 Å². The molecule has 1 saturated heterocycles. The minimum absolute atomic E-state index is 0.0456. The molecular weight excluding hydrogens is 342 g/mol. The molecule has 1 heterocycles. The van der Waals surface area contributed by atoms with E-state index in [0.717, 1.165) is 24.8 Å². The van der Waals surface area contributed by atoms with Gasteiger partial charge in [-0.05, 0) is 37.7 Å². The summed E-state index contributed by atoms with van der Waals surface area (Å²) in [5.74, 6) is -0.227. The summed E-state index contributed by atoms with van der Waals surface area (Å²) in [5, 5.41) is 2.34. The van der Waals surface area contributed by atoms with Crippen molar-refractivity contribution in [3.63, 3.8) is 0 Å². The van der Waals surface area contributed by atoms with Crippen LogP contribution in [-0.4, -0.2) is 23.4 Å². The molecule has 1 atom stereocenters. The number of hydrogen-bond donors (Lipinski definition) is 1. The van der Waals surface area contributed by atoms with Crippen molar-refractivity contribution in [1.29, 1.82) is 0 Å². The van der Waals surface area contributed by atoms with E-state index in [4.69, 9.17) is 0 Å². The lowest BCUT2D eigenvalue weighted by Crippen LogP contribution is -2.40. The molecule has 1 aromatic rings. The van der Waals surface area contributed by atoms with Gasteiger partial charge in [-0.1, -0.05) is 52.3 Å². The molecule has 1 aliphatic heterocycles. The van der Waals surface area contributed by atoms with Crippen LogP contribution >= 0.6 is 0 Å². The number of rotatable bonds is 4. The van der Waals surface area contributed by atoms with Crippen molar-refractivity contribution in [3.05, 3.63) is 34.9 Å². The molecule has 1 N–H and O–H groups in total. The van der Waals surface area contributed by atoms with Crippen LogP contribution in [0.15, 0.2) is 18.2 Å². The fourth-order valence-electron chi connectivity index (χ4n) is 3.21. The molecule has 0 bridgehead atoms. The Bertz CT molecular complexity index is 728. The SMILES string of the molecule is CC(=O)c1cccc(C(C)(C)C)c1C(C)=O.CCCC1CCC(=O)NC1=O. The predicted molar refractivity (Wildman–Crippen MR) is 106 cm³/mol. The number of imide groups is 1. The zero-order valence-corrected chi connectivity index (χ0v) is 17.3. The second kappa shape index (κ2) is 9.58. The van der Waals surface area contributed by atoms with Gasteiger partial charge in [-0.3, -0.25) is 24.5 Å². The number of piperidine rings is 1. The van der Waals surface area contributed by atoms with E-state index in [0.29, 0.717) is 17.5 Å². The molecule has 0 aliphatic carbocycles. The third-order valence-electron chi connectivity index (χ3n) is 4.59. The zero-order valence-electron chi connectivity index (χ0n) is 17.3. The van der Waals surface area contributed by atoms with E-state index in [1.165, 1.54) is 13.8 Å². The molecule has 148 valence electrons. The number of nitrogens with one attached hydrogen (secondary N) is 1. The monoisotopic (exact) mass is 373 g/mol. The number of benzene rings is 1. The first kappa shape index (κ1) is 22.7. The maximum absolute atomic E-state index is 11.7. The first-order chi connectivity index (χ1) is 12.5. The highest BCUT2D eigenvalue weighted by Crippen LogP contribution is 2.28. The Labute approximate surface area is 161 Å². The van der Waals surface area contributed by atoms with Gasteiger partial charge in [-0.2, -0.15) is 0 Å².